The van der Waals surface area contributed by atoms with Gasteiger partial charge in [0.1, 0.15) is 5.82 Å². The first kappa shape index (κ1) is 14.6. The van der Waals surface area contributed by atoms with Crippen molar-refractivity contribution in [3.63, 3.8) is 0 Å². The largest absolute Gasteiger partial charge is 0.477 e. The third-order valence-electron chi connectivity index (χ3n) is 3.18. The van der Waals surface area contributed by atoms with Gasteiger partial charge in [0, 0.05) is 30.6 Å². The SMILES string of the molecule is O=C(O)c1cc(NCc2ccccc2)nc(-c2cccnc2)n1. The summed E-state index contributed by atoms with van der Waals surface area (Å²) in [6.07, 6.45) is 3.24. The molecule has 23 heavy (non-hydrogen) atoms. The fraction of sp³-hybridized carbons (Fsp3) is 0.0588. The molecular weight excluding hydrogens is 292 g/mol. The molecule has 0 radical (unpaired) electrons. The van der Waals surface area contributed by atoms with Crippen molar-refractivity contribution in [2.45, 2.75) is 6.54 Å². The Morgan fingerprint density at radius 3 is 2.61 bits per heavy atom. The second-order valence-electron chi connectivity index (χ2n) is 4.85. The Morgan fingerprint density at radius 2 is 1.91 bits per heavy atom. The summed E-state index contributed by atoms with van der Waals surface area (Å²) in [6, 6.07) is 14.8. The molecule has 0 saturated carbocycles. The van der Waals surface area contributed by atoms with Crippen molar-refractivity contribution in [2.24, 2.45) is 0 Å². The molecule has 0 spiro atoms. The molecule has 6 heteroatoms. The number of aromatic carboxylic acids is 1. The van der Waals surface area contributed by atoms with Gasteiger partial charge in [-0.05, 0) is 17.7 Å². The predicted molar refractivity (Wildman–Crippen MR) is 86.0 cm³/mol. The standard InChI is InChI=1S/C17H14N4O2/c22-17(23)14-9-15(19-10-12-5-2-1-3-6-12)21-16(20-14)13-7-4-8-18-11-13/h1-9,11H,10H2,(H,22,23)(H,19,20,21). The highest BCUT2D eigenvalue weighted by atomic mass is 16.4. The van der Waals surface area contributed by atoms with E-state index in [1.807, 2.05) is 30.3 Å². The van der Waals surface area contributed by atoms with Crippen LogP contribution in [0, 0.1) is 0 Å². The molecule has 2 heterocycles. The van der Waals surface area contributed by atoms with Crippen LogP contribution in [0.25, 0.3) is 11.4 Å². The number of nitrogens with zero attached hydrogens (tertiary/aromatic N) is 3. The van der Waals surface area contributed by atoms with Gasteiger partial charge in [-0.2, -0.15) is 0 Å². The van der Waals surface area contributed by atoms with Crippen molar-refractivity contribution in [1.29, 1.82) is 0 Å². The van der Waals surface area contributed by atoms with Crippen LogP contribution in [0.1, 0.15) is 16.1 Å². The quantitative estimate of drug-likeness (QED) is 0.753. The number of aromatic nitrogens is 3. The first-order valence-corrected chi connectivity index (χ1v) is 7.03. The fourth-order valence-electron chi connectivity index (χ4n) is 2.06. The first-order valence-electron chi connectivity index (χ1n) is 7.03. The van der Waals surface area contributed by atoms with E-state index in [2.05, 4.69) is 20.3 Å². The van der Waals surface area contributed by atoms with E-state index < -0.39 is 5.97 Å². The zero-order chi connectivity index (χ0) is 16.1. The summed E-state index contributed by atoms with van der Waals surface area (Å²) in [7, 11) is 0. The molecule has 6 nitrogen and oxygen atoms in total. The van der Waals surface area contributed by atoms with Crippen molar-refractivity contribution < 1.29 is 9.90 Å². The summed E-state index contributed by atoms with van der Waals surface area (Å²) in [5, 5.41) is 12.4. The van der Waals surface area contributed by atoms with E-state index >= 15 is 0 Å². The molecule has 2 N–H and O–H groups in total. The minimum Gasteiger partial charge on any atom is -0.477 e. The summed E-state index contributed by atoms with van der Waals surface area (Å²) in [5.74, 6) is -0.311. The Balaban J connectivity index is 1.90. The van der Waals surface area contributed by atoms with Crippen molar-refractivity contribution >= 4 is 11.8 Å². The zero-order valence-corrected chi connectivity index (χ0v) is 12.2. The highest BCUT2D eigenvalue weighted by Crippen LogP contribution is 2.17. The molecule has 0 unspecified atom stereocenters. The van der Waals surface area contributed by atoms with E-state index in [4.69, 9.17) is 0 Å². The molecule has 3 rings (SSSR count). The van der Waals surface area contributed by atoms with Gasteiger partial charge in [-0.3, -0.25) is 4.98 Å². The summed E-state index contributed by atoms with van der Waals surface area (Å²) >= 11 is 0. The molecule has 0 saturated heterocycles. The minimum atomic E-state index is -1.10. The number of carboxylic acid groups (broad SMARTS) is 1. The number of carboxylic acids is 1. The van der Waals surface area contributed by atoms with E-state index in [0.29, 0.717) is 23.8 Å². The van der Waals surface area contributed by atoms with Crippen molar-refractivity contribution in [3.8, 4) is 11.4 Å². The molecular formula is C17H14N4O2. The second kappa shape index (κ2) is 6.65. The average molecular weight is 306 g/mol. The van der Waals surface area contributed by atoms with Gasteiger partial charge in [0.15, 0.2) is 11.5 Å². The number of nitrogens with one attached hydrogen (secondary N) is 1. The Morgan fingerprint density at radius 1 is 1.09 bits per heavy atom. The van der Waals surface area contributed by atoms with Crippen LogP contribution >= 0.6 is 0 Å². The third-order valence-corrected chi connectivity index (χ3v) is 3.18. The molecule has 1 aromatic carbocycles. The molecule has 3 aromatic rings. The third kappa shape index (κ3) is 3.68. The average Bonchev–Trinajstić information content (AvgIpc) is 2.61. The number of hydrogen-bond donors (Lipinski definition) is 2. The zero-order valence-electron chi connectivity index (χ0n) is 12.2. The van der Waals surface area contributed by atoms with E-state index in [9.17, 15) is 9.90 Å². The van der Waals surface area contributed by atoms with E-state index in [1.54, 1.807) is 24.5 Å². The predicted octanol–water partition coefficient (Wildman–Crippen LogP) is 2.85. The van der Waals surface area contributed by atoms with Crippen LogP contribution in [-0.4, -0.2) is 26.0 Å². The molecule has 0 amide bonds. The fourth-order valence-corrected chi connectivity index (χ4v) is 2.06. The maximum Gasteiger partial charge on any atom is 0.354 e. The van der Waals surface area contributed by atoms with Crippen LogP contribution < -0.4 is 5.32 Å². The van der Waals surface area contributed by atoms with Gasteiger partial charge in [0.05, 0.1) is 0 Å². The number of benzene rings is 1. The smallest absolute Gasteiger partial charge is 0.354 e. The van der Waals surface area contributed by atoms with Crippen LogP contribution in [0.2, 0.25) is 0 Å². The van der Waals surface area contributed by atoms with Crippen molar-refractivity contribution in [3.05, 3.63) is 72.2 Å². The molecule has 0 bridgehead atoms. The Labute approximate surface area is 132 Å². The van der Waals surface area contributed by atoms with Gasteiger partial charge in [-0.15, -0.1) is 0 Å². The normalized spacial score (nSPS) is 10.3. The van der Waals surface area contributed by atoms with Gasteiger partial charge in [-0.1, -0.05) is 30.3 Å². The van der Waals surface area contributed by atoms with Crippen LogP contribution in [-0.2, 0) is 6.54 Å². The van der Waals surface area contributed by atoms with Gasteiger partial charge in [-0.25, -0.2) is 14.8 Å². The monoisotopic (exact) mass is 306 g/mol. The first-order chi connectivity index (χ1) is 11.2. The second-order valence-corrected chi connectivity index (χ2v) is 4.85. The highest BCUT2D eigenvalue weighted by molar-refractivity contribution is 5.86. The number of pyridine rings is 1. The van der Waals surface area contributed by atoms with Crippen LogP contribution in [0.3, 0.4) is 0 Å². The van der Waals surface area contributed by atoms with Gasteiger partial charge in [0.25, 0.3) is 0 Å². The molecule has 114 valence electrons. The lowest BCUT2D eigenvalue weighted by Crippen LogP contribution is -2.08. The summed E-state index contributed by atoms with van der Waals surface area (Å²) in [4.78, 5) is 23.7. The molecule has 0 aliphatic heterocycles. The molecule has 0 atom stereocenters. The highest BCUT2D eigenvalue weighted by Gasteiger charge is 2.12. The van der Waals surface area contributed by atoms with Gasteiger partial charge < -0.3 is 10.4 Å². The summed E-state index contributed by atoms with van der Waals surface area (Å²) in [5.41, 5.74) is 1.68. The molecule has 0 aliphatic carbocycles. The minimum absolute atomic E-state index is 0.0607. The maximum absolute atomic E-state index is 11.3. The molecule has 0 aliphatic rings. The lowest BCUT2D eigenvalue weighted by molar-refractivity contribution is 0.0690. The lowest BCUT2D eigenvalue weighted by atomic mass is 10.2. The van der Waals surface area contributed by atoms with E-state index in [-0.39, 0.29) is 5.69 Å². The van der Waals surface area contributed by atoms with E-state index in [1.165, 1.54) is 6.07 Å². The van der Waals surface area contributed by atoms with Crippen LogP contribution in [0.4, 0.5) is 5.82 Å². The molecule has 2 aromatic heterocycles. The summed E-state index contributed by atoms with van der Waals surface area (Å²) < 4.78 is 0. The van der Waals surface area contributed by atoms with E-state index in [0.717, 1.165) is 5.56 Å². The maximum atomic E-state index is 11.3. The molecule has 0 fully saturated rings. The number of rotatable bonds is 5. The lowest BCUT2D eigenvalue weighted by Gasteiger charge is -2.08. The Kier molecular flexibility index (Phi) is 4.24. The Bertz CT molecular complexity index is 807. The summed E-state index contributed by atoms with van der Waals surface area (Å²) in [6.45, 7) is 0.545. The van der Waals surface area contributed by atoms with Gasteiger partial charge >= 0.3 is 5.97 Å². The topological polar surface area (TPSA) is 88.0 Å². The Hall–Kier alpha value is -3.28. The number of carbonyl (C=O) groups is 1. The number of anilines is 1. The van der Waals surface area contributed by atoms with Crippen LogP contribution in [0.5, 0.6) is 0 Å². The van der Waals surface area contributed by atoms with Crippen molar-refractivity contribution in [2.75, 3.05) is 5.32 Å². The van der Waals surface area contributed by atoms with Crippen LogP contribution in [0.15, 0.2) is 60.9 Å². The van der Waals surface area contributed by atoms with Gasteiger partial charge in [0.2, 0.25) is 0 Å². The van der Waals surface area contributed by atoms with Crippen molar-refractivity contribution in [1.82, 2.24) is 15.0 Å². The number of hydrogen-bond acceptors (Lipinski definition) is 5.